The van der Waals surface area contributed by atoms with Crippen molar-refractivity contribution in [3.8, 4) is 0 Å². The largest absolute Gasteiger partial charge is 0.370 e. The molecule has 136 valence electrons. The van der Waals surface area contributed by atoms with Gasteiger partial charge < -0.3 is 16.0 Å². The number of nitrogens with zero attached hydrogens (tertiary/aromatic N) is 3. The summed E-state index contributed by atoms with van der Waals surface area (Å²) in [5.74, 6) is 0.567. The molecule has 1 heterocycles. The van der Waals surface area contributed by atoms with E-state index in [4.69, 9.17) is 17.3 Å². The van der Waals surface area contributed by atoms with Crippen molar-refractivity contribution in [2.24, 2.45) is 10.7 Å². The Kier molecular flexibility index (Phi) is 10.4. The molecule has 1 aliphatic heterocycles. The van der Waals surface area contributed by atoms with Gasteiger partial charge in [0.1, 0.15) is 0 Å². The lowest BCUT2D eigenvalue weighted by molar-refractivity contribution is 0.255. The molecule has 2 rings (SSSR count). The Labute approximate surface area is 167 Å². The summed E-state index contributed by atoms with van der Waals surface area (Å²) in [5, 5.41) is 3.98. The summed E-state index contributed by atoms with van der Waals surface area (Å²) < 4.78 is 0. The molecule has 24 heavy (non-hydrogen) atoms. The Balaban J connectivity index is 0.00000288. The molecule has 0 saturated carbocycles. The number of anilines is 1. The number of aliphatic imine (C=N–C) groups is 1. The highest BCUT2D eigenvalue weighted by Crippen LogP contribution is 2.20. The van der Waals surface area contributed by atoms with E-state index in [0.717, 1.165) is 63.7 Å². The van der Waals surface area contributed by atoms with Crippen LogP contribution in [0.2, 0.25) is 5.02 Å². The van der Waals surface area contributed by atoms with Crippen LogP contribution in [0.4, 0.5) is 5.69 Å². The van der Waals surface area contributed by atoms with Crippen LogP contribution in [0.3, 0.4) is 0 Å². The number of hydrogen-bond acceptors (Lipinski definition) is 3. The van der Waals surface area contributed by atoms with E-state index in [2.05, 4.69) is 33.1 Å². The topological polar surface area (TPSA) is 56.9 Å². The van der Waals surface area contributed by atoms with Gasteiger partial charge in [0.25, 0.3) is 0 Å². The van der Waals surface area contributed by atoms with Crippen LogP contribution in [0.15, 0.2) is 29.3 Å². The summed E-state index contributed by atoms with van der Waals surface area (Å²) in [6.45, 7) is 9.15. The van der Waals surface area contributed by atoms with Crippen LogP contribution in [0.25, 0.3) is 0 Å². The van der Waals surface area contributed by atoms with E-state index < -0.39 is 0 Å². The minimum Gasteiger partial charge on any atom is -0.370 e. The maximum Gasteiger partial charge on any atom is 0.188 e. The van der Waals surface area contributed by atoms with Crippen molar-refractivity contribution >= 4 is 47.2 Å². The summed E-state index contributed by atoms with van der Waals surface area (Å²) in [5.41, 5.74) is 7.00. The zero-order valence-electron chi connectivity index (χ0n) is 14.4. The molecule has 0 aromatic heterocycles. The molecule has 1 aliphatic rings. The highest BCUT2D eigenvalue weighted by molar-refractivity contribution is 14.0. The summed E-state index contributed by atoms with van der Waals surface area (Å²) in [6, 6.07) is 8.10. The average molecular weight is 466 g/mol. The molecule has 0 atom stereocenters. The van der Waals surface area contributed by atoms with E-state index in [-0.39, 0.29) is 24.0 Å². The quantitative estimate of drug-likeness (QED) is 0.281. The molecule has 0 amide bonds. The molecule has 0 unspecified atom stereocenters. The van der Waals surface area contributed by atoms with Crippen molar-refractivity contribution in [2.75, 3.05) is 50.7 Å². The Morgan fingerprint density at radius 3 is 2.71 bits per heavy atom. The third kappa shape index (κ3) is 7.44. The molecule has 5 nitrogen and oxygen atoms in total. The maximum atomic E-state index is 6.07. The van der Waals surface area contributed by atoms with E-state index >= 15 is 0 Å². The zero-order chi connectivity index (χ0) is 16.5. The van der Waals surface area contributed by atoms with Crippen molar-refractivity contribution in [1.29, 1.82) is 0 Å². The van der Waals surface area contributed by atoms with Gasteiger partial charge in [0.15, 0.2) is 5.96 Å². The monoisotopic (exact) mass is 465 g/mol. The number of rotatable bonds is 7. The van der Waals surface area contributed by atoms with Crippen LogP contribution >= 0.6 is 35.6 Å². The molecular formula is C17H29ClIN5. The van der Waals surface area contributed by atoms with Gasteiger partial charge in [-0.2, -0.15) is 0 Å². The van der Waals surface area contributed by atoms with Crippen LogP contribution in [0.1, 0.15) is 19.8 Å². The lowest BCUT2D eigenvalue weighted by atomic mass is 10.2. The number of halogens is 2. The minimum atomic E-state index is 0. The van der Waals surface area contributed by atoms with E-state index in [0.29, 0.717) is 5.96 Å². The highest BCUT2D eigenvalue weighted by atomic mass is 127. The smallest absolute Gasteiger partial charge is 0.188 e. The first kappa shape index (κ1) is 21.3. The molecule has 1 aromatic carbocycles. The van der Waals surface area contributed by atoms with Crippen LogP contribution in [0.5, 0.6) is 0 Å². The second kappa shape index (κ2) is 11.8. The first-order valence-electron chi connectivity index (χ1n) is 8.45. The summed E-state index contributed by atoms with van der Waals surface area (Å²) in [6.07, 6.45) is 2.11. The van der Waals surface area contributed by atoms with Gasteiger partial charge in [-0.25, -0.2) is 0 Å². The van der Waals surface area contributed by atoms with Crippen LogP contribution in [-0.2, 0) is 0 Å². The van der Waals surface area contributed by atoms with Gasteiger partial charge in [0.2, 0.25) is 0 Å². The second-order valence-electron chi connectivity index (χ2n) is 5.86. The fourth-order valence-electron chi connectivity index (χ4n) is 2.71. The third-order valence-electron chi connectivity index (χ3n) is 4.01. The number of benzene rings is 1. The Hall–Kier alpha value is -0.730. The van der Waals surface area contributed by atoms with E-state index in [1.54, 1.807) is 0 Å². The van der Waals surface area contributed by atoms with Crippen molar-refractivity contribution in [1.82, 2.24) is 10.2 Å². The molecule has 1 saturated heterocycles. The predicted molar refractivity (Wildman–Crippen MR) is 115 cm³/mol. The van der Waals surface area contributed by atoms with E-state index in [9.17, 15) is 0 Å². The Bertz CT molecular complexity index is 504. The first-order valence-corrected chi connectivity index (χ1v) is 8.83. The fraction of sp³-hybridized carbons (Fsp3) is 0.588. The summed E-state index contributed by atoms with van der Waals surface area (Å²) in [7, 11) is 0. The van der Waals surface area contributed by atoms with Gasteiger partial charge in [-0.15, -0.1) is 24.0 Å². The number of nitrogens with two attached hydrogens (primary N) is 1. The molecule has 1 aromatic rings. The maximum absolute atomic E-state index is 6.07. The molecule has 1 fully saturated rings. The van der Waals surface area contributed by atoms with Gasteiger partial charge in [0, 0.05) is 50.0 Å². The summed E-state index contributed by atoms with van der Waals surface area (Å²) in [4.78, 5) is 9.13. The lowest BCUT2D eigenvalue weighted by Crippen LogP contribution is -2.47. The van der Waals surface area contributed by atoms with Crippen LogP contribution in [0, 0.1) is 0 Å². The fourth-order valence-corrected chi connectivity index (χ4v) is 2.89. The van der Waals surface area contributed by atoms with Gasteiger partial charge in [-0.05, 0) is 37.6 Å². The summed E-state index contributed by atoms with van der Waals surface area (Å²) >= 11 is 6.07. The first-order chi connectivity index (χ1) is 11.2. The van der Waals surface area contributed by atoms with Crippen molar-refractivity contribution in [3.63, 3.8) is 0 Å². The highest BCUT2D eigenvalue weighted by Gasteiger charge is 2.16. The molecule has 0 radical (unpaired) electrons. The SMILES string of the molecule is CCCN=C(N)NCCCN1CCN(c2cccc(Cl)c2)CC1.I. The van der Waals surface area contributed by atoms with E-state index in [1.807, 2.05) is 18.2 Å². The molecule has 0 aliphatic carbocycles. The van der Waals surface area contributed by atoms with Crippen LogP contribution < -0.4 is 16.0 Å². The Morgan fingerprint density at radius 2 is 2.04 bits per heavy atom. The Morgan fingerprint density at radius 1 is 1.29 bits per heavy atom. The molecular weight excluding hydrogens is 437 g/mol. The standard InChI is InChI=1S/C17H28ClN5.HI/c1-2-7-20-17(19)21-8-4-9-22-10-12-23(13-11-22)16-6-3-5-15(18)14-16;/h3,5-6,14H,2,4,7-13H2,1H3,(H3,19,20,21);1H. The van der Waals surface area contributed by atoms with Gasteiger partial charge in [0.05, 0.1) is 0 Å². The molecule has 0 bridgehead atoms. The number of hydrogen-bond donors (Lipinski definition) is 2. The lowest BCUT2D eigenvalue weighted by Gasteiger charge is -2.36. The number of piperazine rings is 1. The molecule has 7 heteroatoms. The number of nitrogens with one attached hydrogen (secondary N) is 1. The zero-order valence-corrected chi connectivity index (χ0v) is 17.5. The van der Waals surface area contributed by atoms with Gasteiger partial charge >= 0.3 is 0 Å². The molecule has 0 spiro atoms. The van der Waals surface area contributed by atoms with Gasteiger partial charge in [-0.3, -0.25) is 9.89 Å². The van der Waals surface area contributed by atoms with Crippen molar-refractivity contribution < 1.29 is 0 Å². The van der Waals surface area contributed by atoms with E-state index in [1.165, 1.54) is 5.69 Å². The van der Waals surface area contributed by atoms with Crippen molar-refractivity contribution in [2.45, 2.75) is 19.8 Å². The van der Waals surface area contributed by atoms with Gasteiger partial charge in [-0.1, -0.05) is 24.6 Å². The number of guanidine groups is 1. The molecule has 3 N–H and O–H groups in total. The predicted octanol–water partition coefficient (Wildman–Crippen LogP) is 2.78. The second-order valence-corrected chi connectivity index (χ2v) is 6.29. The van der Waals surface area contributed by atoms with Crippen LogP contribution in [-0.4, -0.2) is 56.7 Å². The minimum absolute atomic E-state index is 0. The average Bonchev–Trinajstić information content (AvgIpc) is 2.57. The normalized spacial score (nSPS) is 15.9. The third-order valence-corrected chi connectivity index (χ3v) is 4.24. The van der Waals surface area contributed by atoms with Crippen molar-refractivity contribution in [3.05, 3.63) is 29.3 Å².